The van der Waals surface area contributed by atoms with Crippen LogP contribution >= 0.6 is 11.6 Å². The fraction of sp³-hybridized carbons (Fsp3) is 0.412. The summed E-state index contributed by atoms with van der Waals surface area (Å²) in [5.74, 6) is -0.335. The summed E-state index contributed by atoms with van der Waals surface area (Å²) in [5, 5.41) is 8.17. The zero-order chi connectivity index (χ0) is 19.3. The van der Waals surface area contributed by atoms with Crippen LogP contribution in [0, 0.1) is 0 Å². The second kappa shape index (κ2) is 6.50. The van der Waals surface area contributed by atoms with Crippen molar-refractivity contribution in [3.8, 4) is 0 Å². The number of sulfonamides is 1. The molecule has 0 aliphatic carbocycles. The van der Waals surface area contributed by atoms with Crippen LogP contribution in [0.25, 0.3) is 0 Å². The molecule has 0 bridgehead atoms. The predicted octanol–water partition coefficient (Wildman–Crippen LogP) is 1.68. The van der Waals surface area contributed by atoms with Gasteiger partial charge in [0.15, 0.2) is 0 Å². The molecule has 144 valence electrons. The van der Waals surface area contributed by atoms with Crippen molar-refractivity contribution in [3.05, 3.63) is 40.0 Å². The fourth-order valence-electron chi connectivity index (χ4n) is 3.76. The number of rotatable bonds is 2. The van der Waals surface area contributed by atoms with E-state index in [4.69, 9.17) is 17.3 Å². The molecule has 0 spiro atoms. The number of carbonyl (C=O) groups is 1. The van der Waals surface area contributed by atoms with E-state index in [1.54, 1.807) is 6.07 Å². The first-order chi connectivity index (χ1) is 12.8. The lowest BCUT2D eigenvalue weighted by Gasteiger charge is -2.26. The Morgan fingerprint density at radius 3 is 2.93 bits per heavy atom. The van der Waals surface area contributed by atoms with E-state index in [2.05, 4.69) is 10.4 Å². The number of para-hydroxylation sites is 1. The summed E-state index contributed by atoms with van der Waals surface area (Å²) in [6, 6.07) is 5.47. The van der Waals surface area contributed by atoms with Crippen LogP contribution in [0.1, 0.15) is 34.0 Å². The van der Waals surface area contributed by atoms with Gasteiger partial charge in [-0.25, -0.2) is 8.42 Å². The lowest BCUT2D eigenvalue weighted by atomic mass is 9.90. The molecule has 27 heavy (non-hydrogen) atoms. The molecule has 0 fully saturated rings. The van der Waals surface area contributed by atoms with E-state index in [0.29, 0.717) is 42.5 Å². The molecule has 8 nitrogen and oxygen atoms in total. The first-order valence-electron chi connectivity index (χ1n) is 8.65. The van der Waals surface area contributed by atoms with Gasteiger partial charge in [0.1, 0.15) is 5.82 Å². The van der Waals surface area contributed by atoms with Crippen LogP contribution in [0.2, 0.25) is 5.02 Å². The number of aromatic nitrogens is 2. The molecule has 1 unspecified atom stereocenters. The third-order valence-electron chi connectivity index (χ3n) is 5.18. The number of hydrogen-bond donors (Lipinski definition) is 2. The van der Waals surface area contributed by atoms with Crippen molar-refractivity contribution >= 4 is 39.0 Å². The van der Waals surface area contributed by atoms with Gasteiger partial charge in [-0.1, -0.05) is 23.7 Å². The van der Waals surface area contributed by atoms with Crippen LogP contribution in [0.4, 0.5) is 11.5 Å². The van der Waals surface area contributed by atoms with Gasteiger partial charge in [-0.2, -0.15) is 14.1 Å². The van der Waals surface area contributed by atoms with Gasteiger partial charge in [0.25, 0.3) is 5.91 Å². The van der Waals surface area contributed by atoms with Crippen LogP contribution in [0.15, 0.2) is 18.2 Å². The average molecular weight is 410 g/mol. The number of nitrogens with one attached hydrogen (secondary N) is 1. The molecule has 3 N–H and O–H groups in total. The average Bonchev–Trinajstić information content (AvgIpc) is 2.97. The summed E-state index contributed by atoms with van der Waals surface area (Å²) >= 11 is 6.25. The highest BCUT2D eigenvalue weighted by atomic mass is 35.5. The maximum atomic E-state index is 13.2. The lowest BCUT2D eigenvalue weighted by molar-refractivity contribution is 0.0859. The van der Waals surface area contributed by atoms with Crippen molar-refractivity contribution in [1.82, 2.24) is 14.1 Å². The third kappa shape index (κ3) is 3.09. The number of fused-ring (bicyclic) bond motifs is 2. The van der Waals surface area contributed by atoms with Gasteiger partial charge in [0.05, 0.1) is 35.1 Å². The molecular formula is C17H20ClN5O3S. The molecule has 1 aromatic carbocycles. The summed E-state index contributed by atoms with van der Waals surface area (Å²) in [5.41, 5.74) is 9.09. The SMILES string of the molecule is CS(=O)(=O)N1CCc2c(nn(C(=O)C3CCNc4c(Cl)cccc43)c2N)C1. The first-order valence-corrected chi connectivity index (χ1v) is 10.9. The second-order valence-electron chi connectivity index (χ2n) is 6.88. The molecule has 2 aliphatic rings. The van der Waals surface area contributed by atoms with Crippen LogP contribution in [-0.2, 0) is 23.0 Å². The van der Waals surface area contributed by atoms with E-state index in [1.165, 1.54) is 15.2 Å². The van der Waals surface area contributed by atoms with Gasteiger partial charge in [-0.15, -0.1) is 0 Å². The molecule has 10 heteroatoms. The molecule has 2 aliphatic heterocycles. The Labute approximate surface area is 162 Å². The topological polar surface area (TPSA) is 110 Å². The molecule has 2 aromatic rings. The van der Waals surface area contributed by atoms with Gasteiger partial charge in [-0.3, -0.25) is 4.79 Å². The number of halogens is 1. The molecule has 1 aromatic heterocycles. The molecular weight excluding hydrogens is 390 g/mol. The van der Waals surface area contributed by atoms with Crippen molar-refractivity contribution < 1.29 is 13.2 Å². The summed E-state index contributed by atoms with van der Waals surface area (Å²) in [6.45, 7) is 1.09. The normalized spacial score (nSPS) is 19.9. The Bertz CT molecular complexity index is 1030. The van der Waals surface area contributed by atoms with E-state index >= 15 is 0 Å². The summed E-state index contributed by atoms with van der Waals surface area (Å²) in [6.07, 6.45) is 2.21. The van der Waals surface area contributed by atoms with Gasteiger partial charge >= 0.3 is 0 Å². The summed E-state index contributed by atoms with van der Waals surface area (Å²) in [7, 11) is -3.32. The molecule has 0 saturated carbocycles. The highest BCUT2D eigenvalue weighted by Gasteiger charge is 2.33. The van der Waals surface area contributed by atoms with Crippen LogP contribution in [0.3, 0.4) is 0 Å². The maximum Gasteiger partial charge on any atom is 0.256 e. The Morgan fingerprint density at radius 1 is 1.41 bits per heavy atom. The monoisotopic (exact) mass is 409 g/mol. The standard InChI is InChI=1S/C17H20ClN5O3S/c1-27(25,26)22-8-6-12-14(9-22)21-23(16(12)19)17(24)11-5-7-20-15-10(11)3-2-4-13(15)18/h2-4,11,20H,5-9,19H2,1H3. The Kier molecular flexibility index (Phi) is 4.40. The fourth-order valence-corrected chi connectivity index (χ4v) is 4.79. The van der Waals surface area contributed by atoms with Crippen molar-refractivity contribution in [2.45, 2.75) is 25.3 Å². The van der Waals surface area contributed by atoms with Crippen LogP contribution < -0.4 is 11.1 Å². The van der Waals surface area contributed by atoms with Crippen molar-refractivity contribution in [1.29, 1.82) is 0 Å². The Hall–Kier alpha value is -2.10. The Balaban J connectivity index is 1.69. The minimum Gasteiger partial charge on any atom is -0.384 e. The summed E-state index contributed by atoms with van der Waals surface area (Å²) in [4.78, 5) is 13.2. The van der Waals surface area contributed by atoms with Crippen molar-refractivity contribution in [2.24, 2.45) is 0 Å². The van der Waals surface area contributed by atoms with Crippen LogP contribution in [0.5, 0.6) is 0 Å². The number of anilines is 2. The smallest absolute Gasteiger partial charge is 0.256 e. The largest absolute Gasteiger partial charge is 0.384 e. The van der Waals surface area contributed by atoms with Gasteiger partial charge in [-0.05, 0) is 24.5 Å². The zero-order valence-corrected chi connectivity index (χ0v) is 16.3. The van der Waals surface area contributed by atoms with Crippen LogP contribution in [-0.4, -0.2) is 47.8 Å². The number of nitrogens with two attached hydrogens (primary N) is 1. The first kappa shape index (κ1) is 18.3. The number of nitrogen functional groups attached to an aromatic ring is 1. The quantitative estimate of drug-likeness (QED) is 0.780. The molecule has 0 amide bonds. The van der Waals surface area contributed by atoms with Gasteiger partial charge in [0.2, 0.25) is 10.0 Å². The molecule has 0 radical (unpaired) electrons. The number of benzene rings is 1. The highest BCUT2D eigenvalue weighted by molar-refractivity contribution is 7.88. The number of carbonyl (C=O) groups excluding carboxylic acids is 1. The minimum atomic E-state index is -3.32. The van der Waals surface area contributed by atoms with E-state index in [0.717, 1.165) is 16.8 Å². The molecule has 1 atom stereocenters. The predicted molar refractivity (Wildman–Crippen MR) is 104 cm³/mol. The van der Waals surface area contributed by atoms with Crippen molar-refractivity contribution in [2.75, 3.05) is 30.4 Å². The molecule has 3 heterocycles. The van der Waals surface area contributed by atoms with Gasteiger partial charge in [0, 0.05) is 18.7 Å². The zero-order valence-electron chi connectivity index (χ0n) is 14.8. The Morgan fingerprint density at radius 2 is 2.19 bits per heavy atom. The third-order valence-corrected chi connectivity index (χ3v) is 6.74. The lowest BCUT2D eigenvalue weighted by Crippen LogP contribution is -2.35. The number of hydrogen-bond acceptors (Lipinski definition) is 6. The number of nitrogens with zero attached hydrogens (tertiary/aromatic N) is 3. The van der Waals surface area contributed by atoms with E-state index < -0.39 is 15.9 Å². The minimum absolute atomic E-state index is 0.132. The second-order valence-corrected chi connectivity index (χ2v) is 9.27. The summed E-state index contributed by atoms with van der Waals surface area (Å²) < 4.78 is 26.2. The maximum absolute atomic E-state index is 13.2. The van der Waals surface area contributed by atoms with Gasteiger partial charge < -0.3 is 11.1 Å². The highest BCUT2D eigenvalue weighted by Crippen LogP contribution is 2.38. The molecule has 4 rings (SSSR count). The van der Waals surface area contributed by atoms with E-state index in [-0.39, 0.29) is 12.5 Å². The molecule has 0 saturated heterocycles. The van der Waals surface area contributed by atoms with Crippen molar-refractivity contribution in [3.63, 3.8) is 0 Å². The van der Waals surface area contributed by atoms with E-state index in [1.807, 2.05) is 12.1 Å². The van der Waals surface area contributed by atoms with E-state index in [9.17, 15) is 13.2 Å².